The maximum atomic E-state index is 14.3. The lowest BCUT2D eigenvalue weighted by Gasteiger charge is -2.30. The highest BCUT2D eigenvalue weighted by atomic mass is 19.1. The molecule has 0 spiro atoms. The molecule has 154 valence electrons. The molecule has 0 amide bonds. The molecule has 3 N–H and O–H groups in total. The van der Waals surface area contributed by atoms with Crippen molar-refractivity contribution in [3.8, 4) is 17.3 Å². The van der Waals surface area contributed by atoms with Crippen molar-refractivity contribution in [2.75, 3.05) is 17.6 Å². The van der Waals surface area contributed by atoms with E-state index in [4.69, 9.17) is 11.0 Å². The number of nitrogens with zero attached hydrogens (tertiary/aromatic N) is 4. The summed E-state index contributed by atoms with van der Waals surface area (Å²) in [6.07, 6.45) is 0.457. The van der Waals surface area contributed by atoms with E-state index in [0.717, 1.165) is 0 Å². The second-order valence-electron chi connectivity index (χ2n) is 7.49. The van der Waals surface area contributed by atoms with Gasteiger partial charge < -0.3 is 11.1 Å². The van der Waals surface area contributed by atoms with Crippen molar-refractivity contribution in [3.63, 3.8) is 0 Å². The van der Waals surface area contributed by atoms with Crippen LogP contribution in [0.3, 0.4) is 0 Å². The summed E-state index contributed by atoms with van der Waals surface area (Å²) in [5.41, 5.74) is 7.28. The number of benzene rings is 1. The minimum absolute atomic E-state index is 0.0969. The van der Waals surface area contributed by atoms with Gasteiger partial charge in [0.15, 0.2) is 0 Å². The molecule has 2 atom stereocenters. The highest BCUT2D eigenvalue weighted by Gasteiger charge is 2.33. The van der Waals surface area contributed by atoms with Crippen LogP contribution in [0, 0.1) is 17.1 Å². The fourth-order valence-electron chi connectivity index (χ4n) is 3.43. The maximum Gasteiger partial charge on any atom is 0.148 e. The van der Waals surface area contributed by atoms with Gasteiger partial charge in [-0.2, -0.15) is 5.26 Å². The number of halogens is 2. The molecule has 2 aromatic heterocycles. The molecule has 0 aliphatic carbocycles. The van der Waals surface area contributed by atoms with Crippen molar-refractivity contribution < 1.29 is 8.78 Å². The quantitative estimate of drug-likeness (QED) is 0.567. The molecule has 0 bridgehead atoms. The zero-order chi connectivity index (χ0) is 21.7. The Bertz CT molecular complexity index is 1060. The molecule has 0 saturated heterocycles. The van der Waals surface area contributed by atoms with E-state index in [1.807, 2.05) is 0 Å². The van der Waals surface area contributed by atoms with Crippen LogP contribution in [0.5, 0.6) is 0 Å². The van der Waals surface area contributed by atoms with E-state index in [1.54, 1.807) is 37.3 Å². The third-order valence-electron chi connectivity index (χ3n) is 4.77. The normalized spacial score (nSPS) is 13.8. The Labute approximate surface area is 173 Å². The average Bonchev–Trinajstić information content (AvgIpc) is 2.72. The van der Waals surface area contributed by atoms with E-state index >= 15 is 0 Å². The Morgan fingerprint density at radius 3 is 2.67 bits per heavy atom. The van der Waals surface area contributed by atoms with Crippen molar-refractivity contribution in [1.82, 2.24) is 15.2 Å². The molecule has 1 aromatic carbocycles. The van der Waals surface area contributed by atoms with Gasteiger partial charge in [-0.15, -0.1) is 10.2 Å². The SMILES string of the molecule is C[C@H](F)C[C@@](C)(CNc1ccc(-c2cc(N)cc(C#N)c2)nn1)c1ncccc1F. The second kappa shape index (κ2) is 8.82. The summed E-state index contributed by atoms with van der Waals surface area (Å²) in [5, 5.41) is 20.5. The van der Waals surface area contributed by atoms with Crippen LogP contribution < -0.4 is 11.1 Å². The maximum absolute atomic E-state index is 14.3. The van der Waals surface area contributed by atoms with Crippen LogP contribution in [0.4, 0.5) is 20.3 Å². The van der Waals surface area contributed by atoms with E-state index < -0.39 is 17.4 Å². The second-order valence-corrected chi connectivity index (χ2v) is 7.49. The third-order valence-corrected chi connectivity index (χ3v) is 4.77. The number of hydrogen-bond donors (Lipinski definition) is 2. The Morgan fingerprint density at radius 1 is 1.23 bits per heavy atom. The van der Waals surface area contributed by atoms with Gasteiger partial charge in [-0.25, -0.2) is 8.78 Å². The van der Waals surface area contributed by atoms with Crippen molar-refractivity contribution >= 4 is 11.5 Å². The molecule has 3 aromatic rings. The molecular weight excluding hydrogens is 386 g/mol. The average molecular weight is 408 g/mol. The van der Waals surface area contributed by atoms with Gasteiger partial charge in [0, 0.05) is 29.4 Å². The van der Waals surface area contributed by atoms with Gasteiger partial charge in [-0.3, -0.25) is 4.98 Å². The number of anilines is 2. The van der Waals surface area contributed by atoms with E-state index in [2.05, 4.69) is 26.6 Å². The number of hydrogen-bond acceptors (Lipinski definition) is 6. The first-order chi connectivity index (χ1) is 14.3. The molecule has 8 heteroatoms. The molecule has 0 saturated carbocycles. The van der Waals surface area contributed by atoms with Crippen LogP contribution in [0.25, 0.3) is 11.3 Å². The van der Waals surface area contributed by atoms with Gasteiger partial charge in [0.1, 0.15) is 11.6 Å². The van der Waals surface area contributed by atoms with Crippen LogP contribution in [-0.4, -0.2) is 27.9 Å². The Kier molecular flexibility index (Phi) is 6.21. The first kappa shape index (κ1) is 21.1. The summed E-state index contributed by atoms with van der Waals surface area (Å²) >= 11 is 0. The molecule has 0 aliphatic heterocycles. The van der Waals surface area contributed by atoms with Gasteiger partial charge in [0.2, 0.25) is 0 Å². The van der Waals surface area contributed by atoms with Crippen LogP contribution in [0.15, 0.2) is 48.7 Å². The van der Waals surface area contributed by atoms with Crippen LogP contribution in [-0.2, 0) is 5.41 Å². The summed E-state index contributed by atoms with van der Waals surface area (Å²) in [7, 11) is 0. The number of alkyl halides is 1. The van der Waals surface area contributed by atoms with Crippen LogP contribution >= 0.6 is 0 Å². The van der Waals surface area contributed by atoms with Crippen LogP contribution in [0.2, 0.25) is 0 Å². The number of pyridine rings is 1. The first-order valence-corrected chi connectivity index (χ1v) is 9.44. The molecule has 2 heterocycles. The monoisotopic (exact) mass is 408 g/mol. The molecule has 0 fully saturated rings. The summed E-state index contributed by atoms with van der Waals surface area (Å²) in [6, 6.07) is 13.3. The summed E-state index contributed by atoms with van der Waals surface area (Å²) in [5.74, 6) is -0.0175. The lowest BCUT2D eigenvalue weighted by Crippen LogP contribution is -2.35. The Morgan fingerprint density at radius 2 is 2.03 bits per heavy atom. The van der Waals surface area contributed by atoms with Gasteiger partial charge in [0.05, 0.1) is 29.2 Å². The minimum atomic E-state index is -1.13. The van der Waals surface area contributed by atoms with Gasteiger partial charge in [-0.05, 0) is 55.8 Å². The van der Waals surface area contributed by atoms with Gasteiger partial charge >= 0.3 is 0 Å². The van der Waals surface area contributed by atoms with Crippen molar-refractivity contribution in [2.24, 2.45) is 0 Å². The highest BCUT2D eigenvalue weighted by Crippen LogP contribution is 2.31. The van der Waals surface area contributed by atoms with E-state index in [-0.39, 0.29) is 18.7 Å². The molecule has 3 rings (SSSR count). The standard InChI is InChI=1S/C22H22F2N6/c1-14(23)11-22(2,21-18(24)4-3-7-27-21)13-28-20-6-5-19(29-30-20)16-8-15(12-25)9-17(26)10-16/h3-10,14H,11,13,26H2,1-2H3,(H,28,30)/t14-,22-/m0/s1. The zero-order valence-corrected chi connectivity index (χ0v) is 16.7. The number of aromatic nitrogens is 3. The fraction of sp³-hybridized carbons (Fsp3) is 0.273. The lowest BCUT2D eigenvalue weighted by atomic mass is 9.81. The molecule has 30 heavy (non-hydrogen) atoms. The zero-order valence-electron chi connectivity index (χ0n) is 16.7. The topological polar surface area (TPSA) is 101 Å². The molecule has 0 radical (unpaired) electrons. The Hall–Kier alpha value is -3.60. The summed E-state index contributed by atoms with van der Waals surface area (Å²) < 4.78 is 28.2. The van der Waals surface area contributed by atoms with Crippen LogP contribution in [0.1, 0.15) is 31.5 Å². The number of nitrogens with one attached hydrogen (secondary N) is 1. The summed E-state index contributed by atoms with van der Waals surface area (Å²) in [4.78, 5) is 4.14. The molecule has 0 unspecified atom stereocenters. The first-order valence-electron chi connectivity index (χ1n) is 9.44. The smallest absolute Gasteiger partial charge is 0.148 e. The number of nitriles is 1. The number of nitrogen functional groups attached to an aromatic ring is 1. The number of rotatable bonds is 7. The molecular formula is C22H22F2N6. The third kappa shape index (κ3) is 4.87. The predicted molar refractivity (Wildman–Crippen MR) is 112 cm³/mol. The predicted octanol–water partition coefficient (Wildman–Crippen LogP) is 4.25. The fourth-order valence-corrected chi connectivity index (χ4v) is 3.43. The minimum Gasteiger partial charge on any atom is -0.399 e. The summed E-state index contributed by atoms with van der Waals surface area (Å²) in [6.45, 7) is 3.42. The lowest BCUT2D eigenvalue weighted by molar-refractivity contribution is 0.267. The Balaban J connectivity index is 1.80. The van der Waals surface area contributed by atoms with Gasteiger partial charge in [-0.1, -0.05) is 6.92 Å². The van der Waals surface area contributed by atoms with E-state index in [9.17, 15) is 8.78 Å². The largest absolute Gasteiger partial charge is 0.399 e. The highest BCUT2D eigenvalue weighted by molar-refractivity contribution is 5.67. The number of nitrogens with two attached hydrogens (primary N) is 1. The van der Waals surface area contributed by atoms with Crippen molar-refractivity contribution in [1.29, 1.82) is 5.26 Å². The van der Waals surface area contributed by atoms with E-state index in [0.29, 0.717) is 28.3 Å². The van der Waals surface area contributed by atoms with Crippen molar-refractivity contribution in [3.05, 3.63) is 65.7 Å². The molecule has 0 aliphatic rings. The molecule has 6 nitrogen and oxygen atoms in total. The van der Waals surface area contributed by atoms with Gasteiger partial charge in [0.25, 0.3) is 0 Å². The van der Waals surface area contributed by atoms with Crippen molar-refractivity contribution in [2.45, 2.75) is 31.9 Å². The van der Waals surface area contributed by atoms with E-state index in [1.165, 1.54) is 25.3 Å².